The number of aryl methyl sites for hydroxylation is 1. The van der Waals surface area contributed by atoms with Crippen LogP contribution >= 0.6 is 11.6 Å². The van der Waals surface area contributed by atoms with Gasteiger partial charge in [0.05, 0.1) is 0 Å². The van der Waals surface area contributed by atoms with Gasteiger partial charge in [-0.3, -0.25) is 0 Å². The van der Waals surface area contributed by atoms with Crippen molar-refractivity contribution in [3.63, 3.8) is 0 Å². The highest BCUT2D eigenvalue weighted by Gasteiger charge is 1.97. The van der Waals surface area contributed by atoms with E-state index in [4.69, 9.17) is 11.6 Å². The van der Waals surface area contributed by atoms with E-state index < -0.39 is 0 Å². The van der Waals surface area contributed by atoms with Crippen LogP contribution in [-0.4, -0.2) is 0 Å². The van der Waals surface area contributed by atoms with Crippen molar-refractivity contribution in [2.45, 2.75) is 6.92 Å². The Morgan fingerprint density at radius 3 is 2.83 bits per heavy atom. The van der Waals surface area contributed by atoms with Gasteiger partial charge >= 0.3 is 0 Å². The van der Waals surface area contributed by atoms with Gasteiger partial charge in [-0.2, -0.15) is 0 Å². The number of benzene rings is 2. The third-order valence-corrected chi connectivity index (χ3v) is 2.21. The Labute approximate surface area is 76.8 Å². The van der Waals surface area contributed by atoms with E-state index in [0.29, 0.717) is 0 Å². The minimum absolute atomic E-state index is 0.795. The fraction of sp³-hybridized carbons (Fsp3) is 0.0909. The summed E-state index contributed by atoms with van der Waals surface area (Å²) in [6, 6.07) is 13.2. The summed E-state index contributed by atoms with van der Waals surface area (Å²) in [6.45, 7) is 2.03. The quantitative estimate of drug-likeness (QED) is 0.574. The summed E-state index contributed by atoms with van der Waals surface area (Å²) in [5.74, 6) is 0. The van der Waals surface area contributed by atoms with E-state index in [9.17, 15) is 0 Å². The molecule has 12 heavy (non-hydrogen) atoms. The zero-order valence-corrected chi connectivity index (χ0v) is 7.52. The first-order valence-electron chi connectivity index (χ1n) is 3.84. The maximum Gasteiger partial charge on any atom is 0.0484 e. The number of rotatable bonds is 0. The summed E-state index contributed by atoms with van der Waals surface area (Å²) in [6.07, 6.45) is 0. The van der Waals surface area contributed by atoms with Crippen LogP contribution in [0.1, 0.15) is 5.56 Å². The smallest absolute Gasteiger partial charge is 0.0484 e. The third kappa shape index (κ3) is 1.19. The Hall–Kier alpha value is -1.01. The molecule has 0 N–H and O–H groups in total. The first kappa shape index (κ1) is 7.63. The van der Waals surface area contributed by atoms with Crippen LogP contribution in [0.3, 0.4) is 0 Å². The van der Waals surface area contributed by atoms with Gasteiger partial charge in [0.2, 0.25) is 0 Å². The van der Waals surface area contributed by atoms with E-state index in [1.165, 1.54) is 0 Å². The van der Waals surface area contributed by atoms with Crippen LogP contribution in [-0.2, 0) is 0 Å². The van der Waals surface area contributed by atoms with E-state index in [1.54, 1.807) is 0 Å². The lowest BCUT2D eigenvalue weighted by Crippen LogP contribution is -1.76. The van der Waals surface area contributed by atoms with Crippen molar-refractivity contribution in [3.05, 3.63) is 47.0 Å². The predicted molar refractivity (Wildman–Crippen MR) is 52.5 cm³/mol. The molecule has 0 heterocycles. The maximum atomic E-state index is 5.99. The Bertz CT molecular complexity index is 418. The lowest BCUT2D eigenvalue weighted by molar-refractivity contribution is 1.49. The Kier molecular flexibility index (Phi) is 1.78. The van der Waals surface area contributed by atoms with Crippen LogP contribution in [0.5, 0.6) is 0 Å². The van der Waals surface area contributed by atoms with E-state index in [2.05, 4.69) is 6.07 Å². The molecule has 0 aliphatic rings. The molecule has 0 aliphatic heterocycles. The molecule has 0 amide bonds. The average Bonchev–Trinajstić information content (AvgIpc) is 2.04. The van der Waals surface area contributed by atoms with Crippen LogP contribution in [0.15, 0.2) is 30.3 Å². The maximum absolute atomic E-state index is 5.99. The van der Waals surface area contributed by atoms with Crippen LogP contribution in [0.4, 0.5) is 0 Å². The molecule has 0 saturated carbocycles. The highest BCUT2D eigenvalue weighted by atomic mass is 35.5. The second-order valence-corrected chi connectivity index (χ2v) is 3.25. The van der Waals surface area contributed by atoms with Gasteiger partial charge in [-0.15, -0.1) is 0 Å². The number of hydrogen-bond donors (Lipinski definition) is 0. The highest BCUT2D eigenvalue weighted by Crippen LogP contribution is 2.23. The van der Waals surface area contributed by atoms with Gasteiger partial charge < -0.3 is 0 Å². The molecule has 0 spiro atoms. The van der Waals surface area contributed by atoms with Crippen molar-refractivity contribution in [2.75, 3.05) is 0 Å². The standard InChI is InChI=1S/C11H8Cl/c1-8-5-6-10-9(7-8)3-2-4-11(10)12/h2-6H,1H3. The zero-order chi connectivity index (χ0) is 8.55. The fourth-order valence-electron chi connectivity index (χ4n) is 1.28. The summed E-state index contributed by atoms with van der Waals surface area (Å²) in [5.41, 5.74) is 1.14. The number of fused-ring (bicyclic) bond motifs is 1. The first-order valence-corrected chi connectivity index (χ1v) is 4.22. The van der Waals surface area contributed by atoms with Crippen molar-refractivity contribution in [1.82, 2.24) is 0 Å². The molecule has 0 unspecified atom stereocenters. The van der Waals surface area contributed by atoms with Gasteiger partial charge in [0.15, 0.2) is 0 Å². The molecule has 2 aromatic carbocycles. The molecular weight excluding hydrogens is 168 g/mol. The fourth-order valence-corrected chi connectivity index (χ4v) is 1.52. The summed E-state index contributed by atoms with van der Waals surface area (Å²) in [7, 11) is 0. The molecule has 0 nitrogen and oxygen atoms in total. The highest BCUT2D eigenvalue weighted by molar-refractivity contribution is 6.35. The first-order chi connectivity index (χ1) is 5.77. The summed E-state index contributed by atoms with van der Waals surface area (Å²) < 4.78 is 0. The topological polar surface area (TPSA) is 0 Å². The molecule has 0 aliphatic carbocycles. The molecule has 59 valence electrons. The van der Waals surface area contributed by atoms with Crippen LogP contribution < -0.4 is 0 Å². The summed E-state index contributed by atoms with van der Waals surface area (Å²) in [4.78, 5) is 0. The summed E-state index contributed by atoms with van der Waals surface area (Å²) in [5, 5.41) is 2.95. The van der Waals surface area contributed by atoms with Crippen LogP contribution in [0.25, 0.3) is 10.8 Å². The molecule has 2 rings (SSSR count). The van der Waals surface area contributed by atoms with E-state index in [-0.39, 0.29) is 0 Å². The Morgan fingerprint density at radius 1 is 1.17 bits per heavy atom. The largest absolute Gasteiger partial charge is 0.0837 e. The van der Waals surface area contributed by atoms with Gasteiger partial charge in [-0.25, -0.2) is 0 Å². The molecule has 1 heteroatoms. The predicted octanol–water partition coefficient (Wildman–Crippen LogP) is 3.60. The molecule has 2 aromatic rings. The second-order valence-electron chi connectivity index (χ2n) is 2.84. The van der Waals surface area contributed by atoms with Crippen LogP contribution in [0.2, 0.25) is 5.02 Å². The van der Waals surface area contributed by atoms with Crippen LogP contribution in [0, 0.1) is 13.0 Å². The van der Waals surface area contributed by atoms with Crippen molar-refractivity contribution in [3.8, 4) is 0 Å². The Morgan fingerprint density at radius 2 is 2.00 bits per heavy atom. The van der Waals surface area contributed by atoms with Crippen molar-refractivity contribution >= 4 is 22.4 Å². The second kappa shape index (κ2) is 2.80. The van der Waals surface area contributed by atoms with Crippen molar-refractivity contribution in [2.24, 2.45) is 0 Å². The van der Waals surface area contributed by atoms with Gasteiger partial charge in [0.1, 0.15) is 0 Å². The minimum atomic E-state index is 0.795. The molecule has 0 bridgehead atoms. The molecule has 1 radical (unpaired) electrons. The minimum Gasteiger partial charge on any atom is -0.0837 e. The summed E-state index contributed by atoms with van der Waals surface area (Å²) >= 11 is 5.99. The van der Waals surface area contributed by atoms with Gasteiger partial charge in [-0.1, -0.05) is 35.9 Å². The average molecular weight is 176 g/mol. The Balaban J connectivity index is 2.86. The van der Waals surface area contributed by atoms with E-state index in [1.807, 2.05) is 37.3 Å². The molecular formula is C11H8Cl. The lowest BCUT2D eigenvalue weighted by atomic mass is 10.1. The molecule has 0 aromatic heterocycles. The third-order valence-electron chi connectivity index (χ3n) is 1.88. The SMILES string of the molecule is Cc1[c]c2cccc(Cl)c2cc1. The monoisotopic (exact) mass is 175 g/mol. The van der Waals surface area contributed by atoms with Crippen molar-refractivity contribution in [1.29, 1.82) is 0 Å². The number of halogens is 1. The van der Waals surface area contributed by atoms with Crippen molar-refractivity contribution < 1.29 is 0 Å². The zero-order valence-electron chi connectivity index (χ0n) is 6.76. The molecule has 0 fully saturated rings. The molecule has 0 atom stereocenters. The van der Waals surface area contributed by atoms with Gasteiger partial charge in [-0.05, 0) is 30.0 Å². The van der Waals surface area contributed by atoms with Gasteiger partial charge in [0, 0.05) is 10.4 Å². The number of hydrogen-bond acceptors (Lipinski definition) is 0. The molecule has 0 saturated heterocycles. The van der Waals surface area contributed by atoms with E-state index in [0.717, 1.165) is 21.4 Å². The van der Waals surface area contributed by atoms with E-state index >= 15 is 0 Å². The normalized spacial score (nSPS) is 10.5. The lowest BCUT2D eigenvalue weighted by Gasteiger charge is -1.99. The van der Waals surface area contributed by atoms with Gasteiger partial charge in [0.25, 0.3) is 0 Å².